The molecule has 0 spiro atoms. The molecular weight excluding hydrogens is 451 g/mol. The maximum Gasteiger partial charge on any atom is 0.127 e. The van der Waals surface area contributed by atoms with Crippen LogP contribution in [0, 0.1) is 5.92 Å². The molecule has 3 rings (SSSR count). The number of methoxy groups -OCH3 is 2. The van der Waals surface area contributed by atoms with Gasteiger partial charge < -0.3 is 14.2 Å². The zero-order valence-corrected chi connectivity index (χ0v) is 24.2. The van der Waals surface area contributed by atoms with Crippen molar-refractivity contribution in [3.8, 4) is 22.6 Å². The first-order valence-corrected chi connectivity index (χ1v) is 14.7. The fraction of sp³-hybridized carbons (Fsp3) is 0.613. The highest BCUT2D eigenvalue weighted by atomic mass is 31.1. The van der Waals surface area contributed by atoms with Crippen molar-refractivity contribution in [3.63, 3.8) is 0 Å². The lowest BCUT2D eigenvalue weighted by Gasteiger charge is -2.38. The number of ether oxygens (including phenoxy) is 3. The van der Waals surface area contributed by atoms with Crippen LogP contribution in [-0.4, -0.2) is 32.6 Å². The van der Waals surface area contributed by atoms with E-state index in [-0.39, 0.29) is 5.16 Å². The van der Waals surface area contributed by atoms with E-state index in [4.69, 9.17) is 14.2 Å². The first-order valence-electron chi connectivity index (χ1n) is 13.7. The Hall–Kier alpha value is -1.57. The third-order valence-corrected chi connectivity index (χ3v) is 9.25. The minimum atomic E-state index is 0.163. The molecule has 1 heterocycles. The van der Waals surface area contributed by atoms with Crippen molar-refractivity contribution in [2.75, 3.05) is 27.4 Å². The monoisotopic (exact) mass is 498 g/mol. The van der Waals surface area contributed by atoms with Crippen LogP contribution in [0.2, 0.25) is 0 Å². The van der Waals surface area contributed by atoms with Crippen molar-refractivity contribution in [2.24, 2.45) is 5.92 Å². The van der Waals surface area contributed by atoms with Gasteiger partial charge in [-0.05, 0) is 77.6 Å². The van der Waals surface area contributed by atoms with E-state index in [1.165, 1.54) is 39.5 Å². The number of aryl methyl sites for hydroxylation is 3. The predicted molar refractivity (Wildman–Crippen MR) is 153 cm³/mol. The van der Waals surface area contributed by atoms with Crippen molar-refractivity contribution in [2.45, 2.75) is 91.1 Å². The van der Waals surface area contributed by atoms with Crippen LogP contribution in [0.1, 0.15) is 83.4 Å². The van der Waals surface area contributed by atoms with Crippen molar-refractivity contribution >= 4 is 13.9 Å². The summed E-state index contributed by atoms with van der Waals surface area (Å²) in [5, 5.41) is 1.48. The van der Waals surface area contributed by atoms with E-state index < -0.39 is 0 Å². The van der Waals surface area contributed by atoms with E-state index in [2.05, 4.69) is 58.9 Å². The van der Waals surface area contributed by atoms with Gasteiger partial charge in [0.2, 0.25) is 0 Å². The topological polar surface area (TPSA) is 27.7 Å². The second-order valence-corrected chi connectivity index (χ2v) is 12.5. The molecule has 0 aliphatic carbocycles. The Morgan fingerprint density at radius 3 is 1.89 bits per heavy atom. The summed E-state index contributed by atoms with van der Waals surface area (Å²) in [6, 6.07) is 9.15. The summed E-state index contributed by atoms with van der Waals surface area (Å²) < 4.78 is 17.8. The molecule has 0 radical (unpaired) electrons. The van der Waals surface area contributed by atoms with Crippen LogP contribution in [0.5, 0.6) is 11.5 Å². The van der Waals surface area contributed by atoms with Crippen LogP contribution in [0.25, 0.3) is 11.1 Å². The second kappa shape index (κ2) is 13.1. The minimum absolute atomic E-state index is 0.163. The lowest BCUT2D eigenvalue weighted by atomic mass is 9.87. The van der Waals surface area contributed by atoms with Gasteiger partial charge in [0.1, 0.15) is 11.5 Å². The average Bonchev–Trinajstić information content (AvgIpc) is 2.85. The molecule has 0 bridgehead atoms. The zero-order chi connectivity index (χ0) is 25.4. The van der Waals surface area contributed by atoms with Crippen molar-refractivity contribution in [1.29, 1.82) is 0 Å². The Morgan fingerprint density at radius 2 is 1.37 bits per heavy atom. The quantitative estimate of drug-likeness (QED) is 0.280. The molecule has 1 unspecified atom stereocenters. The molecule has 35 heavy (non-hydrogen) atoms. The Balaban J connectivity index is 2.27. The Bertz CT molecular complexity index is 933. The van der Waals surface area contributed by atoms with Gasteiger partial charge in [0.25, 0.3) is 0 Å². The molecule has 1 saturated heterocycles. The van der Waals surface area contributed by atoms with Crippen LogP contribution in [0.4, 0.5) is 0 Å². The van der Waals surface area contributed by atoms with E-state index in [1.807, 2.05) is 14.2 Å². The number of hydrogen-bond donors (Lipinski definition) is 0. The first kappa shape index (κ1) is 28.0. The Labute approximate surface area is 216 Å². The van der Waals surface area contributed by atoms with Gasteiger partial charge in [-0.1, -0.05) is 74.6 Å². The minimum Gasteiger partial charge on any atom is -0.496 e. The van der Waals surface area contributed by atoms with Gasteiger partial charge in [0, 0.05) is 24.1 Å². The largest absolute Gasteiger partial charge is 0.496 e. The molecular formula is C31H47O3P. The summed E-state index contributed by atoms with van der Waals surface area (Å²) in [5.41, 5.74) is 7.05. The van der Waals surface area contributed by atoms with E-state index in [9.17, 15) is 0 Å². The molecule has 0 N–H and O–H groups in total. The number of benzene rings is 2. The normalized spacial score (nSPS) is 15.2. The zero-order valence-electron chi connectivity index (χ0n) is 23.2. The Morgan fingerprint density at radius 1 is 0.829 bits per heavy atom. The first-order chi connectivity index (χ1) is 16.9. The van der Waals surface area contributed by atoms with Crippen LogP contribution >= 0.6 is 8.58 Å². The van der Waals surface area contributed by atoms with Crippen molar-refractivity contribution in [1.82, 2.24) is 0 Å². The van der Waals surface area contributed by atoms with Crippen LogP contribution < -0.4 is 14.8 Å². The molecule has 4 heteroatoms. The molecule has 0 aromatic heterocycles. The van der Waals surface area contributed by atoms with E-state index in [1.54, 1.807) is 0 Å². The van der Waals surface area contributed by atoms with Crippen molar-refractivity contribution < 1.29 is 14.2 Å². The van der Waals surface area contributed by atoms with Gasteiger partial charge in [0.15, 0.2) is 0 Å². The smallest absolute Gasteiger partial charge is 0.127 e. The number of rotatable bonds is 12. The highest BCUT2D eigenvalue weighted by Crippen LogP contribution is 2.48. The maximum atomic E-state index is 6.07. The van der Waals surface area contributed by atoms with Gasteiger partial charge in [-0.15, -0.1) is 0 Å². The van der Waals surface area contributed by atoms with Crippen LogP contribution in [0.15, 0.2) is 24.3 Å². The molecule has 194 valence electrons. The summed E-state index contributed by atoms with van der Waals surface area (Å²) in [6.45, 7) is 13.5. The highest BCUT2D eigenvalue weighted by molar-refractivity contribution is 7.49. The van der Waals surface area contributed by atoms with Gasteiger partial charge >= 0.3 is 0 Å². The molecule has 0 amide bonds. The second-order valence-electron chi connectivity index (χ2n) is 10.5. The molecule has 1 aliphatic rings. The van der Waals surface area contributed by atoms with Gasteiger partial charge in [-0.2, -0.15) is 0 Å². The van der Waals surface area contributed by atoms with Gasteiger partial charge in [-0.25, -0.2) is 0 Å². The fourth-order valence-electron chi connectivity index (χ4n) is 5.65. The molecule has 3 nitrogen and oxygen atoms in total. The fourth-order valence-corrected chi connectivity index (χ4v) is 7.47. The molecule has 0 saturated carbocycles. The summed E-state index contributed by atoms with van der Waals surface area (Å²) in [7, 11) is 4.25. The lowest BCUT2D eigenvalue weighted by Crippen LogP contribution is -2.33. The summed E-state index contributed by atoms with van der Waals surface area (Å²) in [5.74, 6) is 2.60. The highest BCUT2D eigenvalue weighted by Gasteiger charge is 2.34. The average molecular weight is 499 g/mol. The van der Waals surface area contributed by atoms with Crippen LogP contribution in [0.3, 0.4) is 0 Å². The molecule has 2 aromatic carbocycles. The summed E-state index contributed by atoms with van der Waals surface area (Å²) in [6.07, 6.45) is 8.99. The Kier molecular flexibility index (Phi) is 10.5. The molecule has 1 fully saturated rings. The van der Waals surface area contributed by atoms with Crippen molar-refractivity contribution in [3.05, 3.63) is 41.0 Å². The lowest BCUT2D eigenvalue weighted by molar-refractivity contribution is 0.0573. The SMILES string of the molecule is CCCc1cc(CCC)c(-c2c(OC)ccc(OC)c2PC(C)(C)C2CCOCC2)c(CCC)c1. The standard InChI is InChI=1S/C31H47O3P/c1-8-11-22-20-23(12-9-2)28(24(21-22)13-10-3)29-26(32-6)14-15-27(33-7)30(29)35-31(4,5)25-16-18-34-19-17-25/h14-15,20-21,25,35H,8-13,16-19H2,1-7H3. The van der Waals surface area contributed by atoms with Gasteiger partial charge in [-0.3, -0.25) is 0 Å². The summed E-state index contributed by atoms with van der Waals surface area (Å²) >= 11 is 0. The molecule has 1 atom stereocenters. The van der Waals surface area contributed by atoms with E-state index >= 15 is 0 Å². The third kappa shape index (κ3) is 6.60. The predicted octanol–water partition coefficient (Wildman–Crippen LogP) is 7.74. The van der Waals surface area contributed by atoms with Crippen LogP contribution in [-0.2, 0) is 24.0 Å². The number of hydrogen-bond acceptors (Lipinski definition) is 3. The maximum absolute atomic E-state index is 6.07. The van der Waals surface area contributed by atoms with Gasteiger partial charge in [0.05, 0.1) is 14.2 Å². The summed E-state index contributed by atoms with van der Waals surface area (Å²) in [4.78, 5) is 0. The molecule has 2 aromatic rings. The third-order valence-electron chi connectivity index (χ3n) is 7.45. The molecule has 1 aliphatic heterocycles. The van der Waals surface area contributed by atoms with E-state index in [0.29, 0.717) is 14.5 Å². The van der Waals surface area contributed by atoms with E-state index in [0.717, 1.165) is 69.7 Å².